The fourth-order valence-corrected chi connectivity index (χ4v) is 3.97. The summed E-state index contributed by atoms with van der Waals surface area (Å²) in [5, 5.41) is 0.831. The summed E-state index contributed by atoms with van der Waals surface area (Å²) >= 11 is 1.56. The van der Waals surface area contributed by atoms with Crippen molar-refractivity contribution in [1.29, 1.82) is 0 Å². The maximum atomic E-state index is 12.8. The molecule has 7 heteroatoms. The first kappa shape index (κ1) is 26.9. The Labute approximate surface area is 191 Å². The van der Waals surface area contributed by atoms with Gasteiger partial charge in [-0.05, 0) is 64.4 Å². The number of rotatable bonds is 3. The highest BCUT2D eigenvalue weighted by Crippen LogP contribution is 2.41. The van der Waals surface area contributed by atoms with Gasteiger partial charge in [0, 0.05) is 6.20 Å². The summed E-state index contributed by atoms with van der Waals surface area (Å²) in [6.45, 7) is 17.7. The Hall–Kier alpha value is -2.12. The number of carbonyl (C=O) groups excluding carboxylic acids is 1. The Morgan fingerprint density at radius 2 is 1.74 bits per heavy atom. The summed E-state index contributed by atoms with van der Waals surface area (Å²) < 4.78 is 16.7. The smallest absolute Gasteiger partial charge is 0.413 e. The fraction of sp³-hybridized carbons (Fsp3) is 0.583. The van der Waals surface area contributed by atoms with Crippen LogP contribution in [0.15, 0.2) is 30.5 Å². The molecule has 2 heterocycles. The lowest BCUT2D eigenvalue weighted by Gasteiger charge is -2.34. The van der Waals surface area contributed by atoms with E-state index in [2.05, 4.69) is 4.98 Å². The van der Waals surface area contributed by atoms with Crippen LogP contribution in [0.5, 0.6) is 5.75 Å². The van der Waals surface area contributed by atoms with Crippen LogP contribution in [0.25, 0.3) is 10.4 Å². The van der Waals surface area contributed by atoms with Crippen LogP contribution in [0.1, 0.15) is 73.4 Å². The van der Waals surface area contributed by atoms with Crippen molar-refractivity contribution in [3.05, 3.63) is 35.5 Å². The van der Waals surface area contributed by atoms with Crippen LogP contribution in [0.2, 0.25) is 0 Å². The van der Waals surface area contributed by atoms with E-state index in [4.69, 9.17) is 14.2 Å². The minimum absolute atomic E-state index is 0.271. The summed E-state index contributed by atoms with van der Waals surface area (Å²) in [5.74, 6) is 0.811. The lowest BCUT2D eigenvalue weighted by Crippen LogP contribution is -2.47. The molecule has 0 spiro atoms. The highest BCUT2D eigenvalue weighted by atomic mass is 32.1. The minimum Gasteiger partial charge on any atom is -0.497 e. The molecule has 1 aromatic heterocycles. The summed E-state index contributed by atoms with van der Waals surface area (Å²) in [6, 6.07) is 7.56. The van der Waals surface area contributed by atoms with Crippen LogP contribution in [0.3, 0.4) is 0 Å². The van der Waals surface area contributed by atoms with Crippen molar-refractivity contribution in [2.24, 2.45) is 0 Å². The van der Waals surface area contributed by atoms with Gasteiger partial charge in [0.2, 0.25) is 0 Å². The fourth-order valence-electron chi connectivity index (χ4n) is 2.97. The van der Waals surface area contributed by atoms with E-state index in [9.17, 15) is 4.79 Å². The summed E-state index contributed by atoms with van der Waals surface area (Å²) in [4.78, 5) is 20.0. The Bertz CT molecular complexity index is 810. The number of benzene rings is 1. The second-order valence-electron chi connectivity index (χ2n) is 7.92. The molecular weight excluding hydrogens is 412 g/mol. The average molecular weight is 451 g/mol. The Kier molecular flexibility index (Phi) is 9.97. The number of methoxy groups -OCH3 is 1. The molecule has 1 aliphatic heterocycles. The lowest BCUT2D eigenvalue weighted by molar-refractivity contribution is -0.0626. The predicted molar refractivity (Wildman–Crippen MR) is 128 cm³/mol. The normalized spacial score (nSPS) is 17.1. The van der Waals surface area contributed by atoms with Gasteiger partial charge in [0.05, 0.1) is 18.6 Å². The van der Waals surface area contributed by atoms with Gasteiger partial charge in [0.15, 0.2) is 0 Å². The number of thiazole rings is 1. The Morgan fingerprint density at radius 3 is 2.26 bits per heavy atom. The summed E-state index contributed by atoms with van der Waals surface area (Å²) in [6.07, 6.45) is 1.44. The standard InChI is InChI=1S/C20H26N2O4S.2C2H6/c1-19(2,3)26-18(23)22-15(12-25-20(22,4)5)17-21-11-16(27-17)13-7-9-14(24-6)10-8-13;2*1-2/h7-11,15H,12H2,1-6H3;2*1-2H3. The van der Waals surface area contributed by atoms with Crippen LogP contribution in [-0.2, 0) is 9.47 Å². The van der Waals surface area contributed by atoms with Gasteiger partial charge in [-0.15, -0.1) is 11.3 Å². The molecule has 3 rings (SSSR count). The first-order valence-corrected chi connectivity index (χ1v) is 11.7. The molecule has 0 radical (unpaired) electrons. The number of hydrogen-bond donors (Lipinski definition) is 0. The maximum Gasteiger partial charge on any atom is 0.413 e. The highest BCUT2D eigenvalue weighted by molar-refractivity contribution is 7.15. The first-order valence-electron chi connectivity index (χ1n) is 10.9. The van der Waals surface area contributed by atoms with Gasteiger partial charge in [-0.25, -0.2) is 9.78 Å². The Balaban J connectivity index is 0.00000113. The van der Waals surface area contributed by atoms with Crippen LogP contribution < -0.4 is 4.74 Å². The molecule has 31 heavy (non-hydrogen) atoms. The van der Waals surface area contributed by atoms with Crippen molar-refractivity contribution in [3.63, 3.8) is 0 Å². The van der Waals surface area contributed by atoms with Gasteiger partial charge in [-0.2, -0.15) is 0 Å². The van der Waals surface area contributed by atoms with Crippen molar-refractivity contribution < 1.29 is 19.0 Å². The van der Waals surface area contributed by atoms with Gasteiger partial charge < -0.3 is 14.2 Å². The quantitative estimate of drug-likeness (QED) is 0.508. The molecule has 1 fully saturated rings. The monoisotopic (exact) mass is 450 g/mol. The zero-order chi connectivity index (χ0) is 23.8. The molecule has 1 unspecified atom stereocenters. The SMILES string of the molecule is CC.CC.COc1ccc(-c2cnc(C3COC(C)(C)N3C(=O)OC(C)(C)C)s2)cc1. The highest BCUT2D eigenvalue weighted by Gasteiger charge is 2.47. The second kappa shape index (κ2) is 11.5. The van der Waals surface area contributed by atoms with E-state index >= 15 is 0 Å². The van der Waals surface area contributed by atoms with E-state index in [0.717, 1.165) is 21.2 Å². The number of aromatic nitrogens is 1. The number of carbonyl (C=O) groups is 1. The first-order chi connectivity index (χ1) is 14.6. The largest absolute Gasteiger partial charge is 0.497 e. The Morgan fingerprint density at radius 1 is 1.16 bits per heavy atom. The zero-order valence-electron chi connectivity index (χ0n) is 20.6. The van der Waals surface area contributed by atoms with Crippen molar-refractivity contribution in [3.8, 4) is 16.2 Å². The van der Waals surface area contributed by atoms with Gasteiger partial charge in [-0.1, -0.05) is 27.7 Å². The zero-order valence-corrected chi connectivity index (χ0v) is 21.4. The van der Waals surface area contributed by atoms with Crippen LogP contribution in [-0.4, -0.2) is 41.0 Å². The lowest BCUT2D eigenvalue weighted by atomic mass is 10.2. The van der Waals surface area contributed by atoms with Crippen molar-refractivity contribution in [1.82, 2.24) is 9.88 Å². The van der Waals surface area contributed by atoms with Crippen molar-refractivity contribution in [2.75, 3.05) is 13.7 Å². The van der Waals surface area contributed by atoms with Crippen molar-refractivity contribution >= 4 is 17.4 Å². The molecule has 1 amide bonds. The molecule has 0 saturated carbocycles. The molecule has 6 nitrogen and oxygen atoms in total. The summed E-state index contributed by atoms with van der Waals surface area (Å²) in [7, 11) is 1.65. The molecule has 1 atom stereocenters. The topological polar surface area (TPSA) is 60.9 Å². The minimum atomic E-state index is -0.751. The molecule has 1 saturated heterocycles. The summed E-state index contributed by atoms with van der Waals surface area (Å²) in [5.41, 5.74) is -0.266. The van der Waals surface area contributed by atoms with Gasteiger partial charge in [0.1, 0.15) is 28.1 Å². The van der Waals surface area contributed by atoms with Crippen LogP contribution in [0.4, 0.5) is 4.79 Å². The van der Waals surface area contributed by atoms with E-state index in [1.165, 1.54) is 0 Å². The third-order valence-corrected chi connectivity index (χ3v) is 5.41. The maximum absolute atomic E-state index is 12.8. The molecule has 174 valence electrons. The number of amides is 1. The number of nitrogens with zero attached hydrogens (tertiary/aromatic N) is 2. The molecule has 1 aliphatic rings. The number of hydrogen-bond acceptors (Lipinski definition) is 6. The van der Waals surface area contributed by atoms with Gasteiger partial charge >= 0.3 is 6.09 Å². The predicted octanol–water partition coefficient (Wildman–Crippen LogP) is 6.92. The molecule has 0 aliphatic carbocycles. The van der Waals surface area contributed by atoms with E-state index < -0.39 is 17.4 Å². The third kappa shape index (κ3) is 6.94. The number of ether oxygens (including phenoxy) is 3. The molecule has 2 aromatic rings. The van der Waals surface area contributed by atoms with Crippen LogP contribution >= 0.6 is 11.3 Å². The molecular formula is C24H38N2O4S. The van der Waals surface area contributed by atoms with E-state index in [1.807, 2.05) is 92.8 Å². The second-order valence-corrected chi connectivity index (χ2v) is 8.98. The molecule has 0 bridgehead atoms. The third-order valence-electron chi connectivity index (χ3n) is 4.26. The van der Waals surface area contributed by atoms with E-state index in [0.29, 0.717) is 6.61 Å². The molecule has 0 N–H and O–H groups in total. The van der Waals surface area contributed by atoms with E-state index in [-0.39, 0.29) is 6.04 Å². The van der Waals surface area contributed by atoms with Gasteiger partial charge in [-0.3, -0.25) is 4.90 Å². The van der Waals surface area contributed by atoms with E-state index in [1.54, 1.807) is 23.3 Å². The van der Waals surface area contributed by atoms with Crippen molar-refractivity contribution in [2.45, 2.75) is 79.7 Å². The molecule has 1 aromatic carbocycles. The van der Waals surface area contributed by atoms with Gasteiger partial charge in [0.25, 0.3) is 0 Å². The average Bonchev–Trinajstić information content (AvgIpc) is 3.34. The van der Waals surface area contributed by atoms with Crippen LogP contribution in [0, 0.1) is 0 Å².